The van der Waals surface area contributed by atoms with E-state index in [1.54, 1.807) is 0 Å². The number of nitrogens with one attached hydrogen (secondary N) is 2. The van der Waals surface area contributed by atoms with Gasteiger partial charge in [0.15, 0.2) is 5.96 Å². The monoisotopic (exact) mass is 290 g/mol. The van der Waals surface area contributed by atoms with Crippen LogP contribution in [0.5, 0.6) is 0 Å². The average molecular weight is 291 g/mol. The van der Waals surface area contributed by atoms with Crippen molar-refractivity contribution in [2.45, 2.75) is 35.1 Å². The fraction of sp³-hybridized carbons (Fsp3) is 0.417. The summed E-state index contributed by atoms with van der Waals surface area (Å²) >= 11 is 0. The van der Waals surface area contributed by atoms with Gasteiger partial charge in [-0.2, -0.15) is 0 Å². The van der Waals surface area contributed by atoms with Crippen LogP contribution in [0.3, 0.4) is 0 Å². The molecule has 6 nitrogen and oxygen atoms in total. The zero-order chi connectivity index (χ0) is 13.7. The van der Waals surface area contributed by atoms with E-state index in [9.17, 15) is 0 Å². The van der Waals surface area contributed by atoms with Crippen LogP contribution in [0.2, 0.25) is 0 Å². The molecule has 0 fully saturated rings. The molecule has 0 spiro atoms. The van der Waals surface area contributed by atoms with Crippen molar-refractivity contribution in [2.24, 2.45) is 11.6 Å². The quantitative estimate of drug-likeness (QED) is 0.141. The van der Waals surface area contributed by atoms with Gasteiger partial charge in [-0.1, -0.05) is 7.43 Å². The molecule has 1 rings (SSSR count). The Labute approximate surface area is 121 Å². The van der Waals surface area contributed by atoms with E-state index in [-0.39, 0.29) is 25.8 Å². The molecule has 0 unspecified atom stereocenters. The van der Waals surface area contributed by atoms with Gasteiger partial charge in [0.25, 0.3) is 0 Å². The highest BCUT2D eigenvalue weighted by atomic mass is 35.5. The molecule has 0 aromatic heterocycles. The van der Waals surface area contributed by atoms with Gasteiger partial charge in [0, 0.05) is 0 Å². The Balaban J connectivity index is -0.000000320. The lowest BCUT2D eigenvalue weighted by atomic mass is 9.96. The summed E-state index contributed by atoms with van der Waals surface area (Å²) in [4.78, 5) is 0. The topological polar surface area (TPSA) is 140 Å². The van der Waals surface area contributed by atoms with E-state index in [1.807, 2.05) is 19.3 Å². The number of nitrogens with two attached hydrogens (primary N) is 4. The standard InChI is InChI=1S/C10H16N2.CH6N4.CH4.ClH/c1-5-6(2)8(4)10(12)9(11)7(5)3;2-1(3)5-4;;/h11-12H2,1-4H3;4H2,(H4,2,3,5);1H4;1H. The smallest absolute Gasteiger partial charge is 0.200 e. The molecular weight excluding hydrogens is 264 g/mol. The molecule has 0 aliphatic rings. The van der Waals surface area contributed by atoms with Gasteiger partial charge in [-0.25, -0.2) is 5.84 Å². The van der Waals surface area contributed by atoms with E-state index in [4.69, 9.17) is 16.9 Å². The lowest BCUT2D eigenvalue weighted by Gasteiger charge is -2.14. The summed E-state index contributed by atoms with van der Waals surface area (Å²) in [5.41, 5.74) is 24.4. The lowest BCUT2D eigenvalue weighted by Crippen LogP contribution is -2.35. The first kappa shape index (κ1) is 22.5. The molecule has 0 heterocycles. The highest BCUT2D eigenvalue weighted by Gasteiger charge is 2.09. The first-order valence-electron chi connectivity index (χ1n) is 5.15. The summed E-state index contributed by atoms with van der Waals surface area (Å²) in [5, 5.41) is 6.28. The molecule has 1 aromatic carbocycles. The molecule has 0 atom stereocenters. The second-order valence-corrected chi connectivity index (χ2v) is 3.89. The molecule has 0 saturated carbocycles. The summed E-state index contributed by atoms with van der Waals surface area (Å²) < 4.78 is 0. The van der Waals surface area contributed by atoms with E-state index in [2.05, 4.69) is 25.4 Å². The molecule has 7 heteroatoms. The van der Waals surface area contributed by atoms with Gasteiger partial charge in [-0.3, -0.25) is 10.8 Å². The van der Waals surface area contributed by atoms with Crippen molar-refractivity contribution in [3.8, 4) is 0 Å². The highest BCUT2D eigenvalue weighted by molar-refractivity contribution is 5.85. The lowest BCUT2D eigenvalue weighted by molar-refractivity contribution is 0.995. The van der Waals surface area contributed by atoms with Gasteiger partial charge in [0.2, 0.25) is 0 Å². The first-order valence-corrected chi connectivity index (χ1v) is 5.15. The van der Waals surface area contributed by atoms with E-state index in [1.165, 1.54) is 11.1 Å². The van der Waals surface area contributed by atoms with Gasteiger partial charge < -0.3 is 17.2 Å². The summed E-state index contributed by atoms with van der Waals surface area (Å²) in [6.07, 6.45) is 0. The average Bonchev–Trinajstić information content (AvgIpc) is 2.32. The van der Waals surface area contributed by atoms with Crippen molar-refractivity contribution < 1.29 is 0 Å². The zero-order valence-corrected chi connectivity index (χ0v) is 12.0. The van der Waals surface area contributed by atoms with E-state index < -0.39 is 0 Å². The molecule has 0 aliphatic heterocycles. The molecule has 0 amide bonds. The SMILES string of the molecule is C.Cc1c(C)c(C)c(N)c(N)c1C.Cl.N=C(N)NN. The maximum Gasteiger partial charge on any atom is 0.200 e. The third kappa shape index (κ3) is 5.67. The number of halogens is 1. The van der Waals surface area contributed by atoms with E-state index in [0.717, 1.165) is 22.5 Å². The van der Waals surface area contributed by atoms with Gasteiger partial charge in [-0.05, 0) is 49.9 Å². The number of guanidine groups is 1. The third-order valence-corrected chi connectivity index (χ3v) is 2.94. The van der Waals surface area contributed by atoms with Crippen molar-refractivity contribution >= 4 is 29.7 Å². The number of nitrogen functional groups attached to an aromatic ring is 2. The molecule has 0 radical (unpaired) electrons. The minimum Gasteiger partial charge on any atom is -0.397 e. The van der Waals surface area contributed by atoms with Gasteiger partial charge >= 0.3 is 0 Å². The van der Waals surface area contributed by atoms with Crippen molar-refractivity contribution in [1.29, 1.82) is 5.41 Å². The minimum absolute atomic E-state index is 0. The van der Waals surface area contributed by atoms with Gasteiger partial charge in [0.1, 0.15) is 0 Å². The minimum atomic E-state index is -0.218. The molecule has 0 saturated heterocycles. The molecule has 10 N–H and O–H groups in total. The van der Waals surface area contributed by atoms with Crippen molar-refractivity contribution in [2.75, 3.05) is 11.5 Å². The zero-order valence-electron chi connectivity index (χ0n) is 11.2. The Hall–Kier alpha value is -1.66. The molecule has 0 bridgehead atoms. The molecule has 1 aromatic rings. The molecule has 112 valence electrons. The summed E-state index contributed by atoms with van der Waals surface area (Å²) in [6, 6.07) is 0. The molecular formula is C12H27ClN6. The van der Waals surface area contributed by atoms with Crippen LogP contribution in [0.4, 0.5) is 11.4 Å². The van der Waals surface area contributed by atoms with Gasteiger partial charge in [0.05, 0.1) is 11.4 Å². The fourth-order valence-corrected chi connectivity index (χ4v) is 1.37. The summed E-state index contributed by atoms with van der Waals surface area (Å²) in [6.45, 7) is 8.17. The van der Waals surface area contributed by atoms with Crippen molar-refractivity contribution in [3.63, 3.8) is 0 Å². The number of anilines is 2. The number of hydrazine groups is 1. The number of rotatable bonds is 0. The van der Waals surface area contributed by atoms with Crippen LogP contribution in [0.15, 0.2) is 0 Å². The Morgan fingerprint density at radius 2 is 1.11 bits per heavy atom. The number of benzene rings is 1. The van der Waals surface area contributed by atoms with E-state index in [0.29, 0.717) is 0 Å². The van der Waals surface area contributed by atoms with Crippen LogP contribution >= 0.6 is 12.4 Å². The van der Waals surface area contributed by atoms with Crippen molar-refractivity contribution in [1.82, 2.24) is 5.43 Å². The van der Waals surface area contributed by atoms with Crippen LogP contribution in [0, 0.1) is 33.1 Å². The van der Waals surface area contributed by atoms with Crippen LogP contribution in [-0.4, -0.2) is 5.96 Å². The largest absolute Gasteiger partial charge is 0.397 e. The maximum absolute atomic E-state index is 6.28. The van der Waals surface area contributed by atoms with Gasteiger partial charge in [-0.15, -0.1) is 12.4 Å². The summed E-state index contributed by atoms with van der Waals surface area (Å²) in [7, 11) is 0. The number of hydrogen-bond acceptors (Lipinski definition) is 4. The Morgan fingerprint density at radius 1 is 0.895 bits per heavy atom. The van der Waals surface area contributed by atoms with Crippen LogP contribution in [0.1, 0.15) is 29.7 Å². The second-order valence-electron chi connectivity index (χ2n) is 3.89. The molecule has 19 heavy (non-hydrogen) atoms. The van der Waals surface area contributed by atoms with Crippen LogP contribution < -0.4 is 28.5 Å². The predicted molar refractivity (Wildman–Crippen MR) is 87.4 cm³/mol. The summed E-state index contributed by atoms with van der Waals surface area (Å²) in [5.74, 6) is 4.35. The predicted octanol–water partition coefficient (Wildman–Crippen LogP) is 1.49. The maximum atomic E-state index is 6.28. The first-order chi connectivity index (χ1) is 7.73. The second kappa shape index (κ2) is 9.29. The van der Waals surface area contributed by atoms with Crippen molar-refractivity contribution in [3.05, 3.63) is 22.3 Å². The normalized spacial score (nSPS) is 8.26. The highest BCUT2D eigenvalue weighted by Crippen LogP contribution is 2.29. The van der Waals surface area contributed by atoms with Crippen LogP contribution in [-0.2, 0) is 0 Å². The van der Waals surface area contributed by atoms with E-state index >= 15 is 0 Å². The van der Waals surface area contributed by atoms with Crippen LogP contribution in [0.25, 0.3) is 0 Å². The molecule has 0 aliphatic carbocycles. The third-order valence-electron chi connectivity index (χ3n) is 2.94. The Morgan fingerprint density at radius 3 is 1.26 bits per heavy atom. The number of hydrogen-bond donors (Lipinski definition) is 6. The Kier molecular flexibility index (Phi) is 11.0. The Bertz CT molecular complexity index is 326. The fourth-order valence-electron chi connectivity index (χ4n) is 1.37.